The molecular weight excluding hydrogens is 368 g/mol. The summed E-state index contributed by atoms with van der Waals surface area (Å²) in [5.74, 6) is -3.81. The Balaban J connectivity index is 2.96. The molecule has 0 unspecified atom stereocenters. The first-order chi connectivity index (χ1) is 13.1. The van der Waals surface area contributed by atoms with E-state index < -0.39 is 46.4 Å². The Kier molecular flexibility index (Phi) is 5.86. The van der Waals surface area contributed by atoms with Gasteiger partial charge in [-0.3, -0.25) is 19.7 Å². The van der Waals surface area contributed by atoms with Crippen molar-refractivity contribution < 1.29 is 29.2 Å². The minimum Gasteiger partial charge on any atom is -0.481 e. The standard InChI is InChI=1S/C19H22N2O7/c1-10(22)9-19(18(24)25)12(3)20-11(2)15(17(23)28-4)16(19)13-7-5-6-8-14(13)21(26)27/h5-8,12,16,20H,9H2,1-4H3,(H,24,25)/t12-,16+,19+/m0/s1. The molecule has 1 aromatic rings. The number of carboxylic acid groups (broad SMARTS) is 1. The van der Waals surface area contributed by atoms with Crippen LogP contribution in [0.15, 0.2) is 35.5 Å². The van der Waals surface area contributed by atoms with Crippen molar-refractivity contribution in [2.24, 2.45) is 5.41 Å². The van der Waals surface area contributed by atoms with Gasteiger partial charge >= 0.3 is 11.9 Å². The van der Waals surface area contributed by atoms with E-state index in [4.69, 9.17) is 4.74 Å². The summed E-state index contributed by atoms with van der Waals surface area (Å²) in [6.45, 7) is 4.40. The number of carboxylic acids is 1. The first-order valence-electron chi connectivity index (χ1n) is 8.59. The summed E-state index contributed by atoms with van der Waals surface area (Å²) in [6, 6.07) is 4.85. The van der Waals surface area contributed by atoms with Gasteiger partial charge in [-0.05, 0) is 20.8 Å². The SMILES string of the molecule is COC(=O)C1=C(C)N[C@@H](C)[C@@](CC(C)=O)(C(=O)O)[C@@H]1c1ccccc1[N+](=O)[O-]. The summed E-state index contributed by atoms with van der Waals surface area (Å²) in [7, 11) is 1.14. The van der Waals surface area contributed by atoms with Crippen LogP contribution in [0.25, 0.3) is 0 Å². The number of para-hydroxylation sites is 1. The number of rotatable bonds is 6. The predicted molar refractivity (Wildman–Crippen MR) is 98.5 cm³/mol. The van der Waals surface area contributed by atoms with Crippen LogP contribution in [-0.4, -0.2) is 40.9 Å². The van der Waals surface area contributed by atoms with E-state index in [1.54, 1.807) is 13.8 Å². The number of nitrogens with zero attached hydrogens (tertiary/aromatic N) is 1. The molecule has 9 nitrogen and oxygen atoms in total. The average Bonchev–Trinajstić information content (AvgIpc) is 2.62. The van der Waals surface area contributed by atoms with Crippen LogP contribution in [0.1, 0.15) is 38.7 Å². The molecule has 150 valence electrons. The smallest absolute Gasteiger partial charge is 0.336 e. The number of carbonyl (C=O) groups excluding carboxylic acids is 2. The van der Waals surface area contributed by atoms with Crippen molar-refractivity contribution >= 4 is 23.4 Å². The van der Waals surface area contributed by atoms with Crippen molar-refractivity contribution in [1.29, 1.82) is 0 Å². The number of ketones is 1. The average molecular weight is 390 g/mol. The quantitative estimate of drug-likeness (QED) is 0.428. The second-order valence-electron chi connectivity index (χ2n) is 6.87. The lowest BCUT2D eigenvalue weighted by molar-refractivity contribution is -0.385. The molecule has 0 saturated carbocycles. The number of nitro benzene ring substituents is 1. The van der Waals surface area contributed by atoms with E-state index in [-0.39, 0.29) is 16.8 Å². The lowest BCUT2D eigenvalue weighted by Gasteiger charge is -2.46. The molecule has 0 fully saturated rings. The zero-order valence-electron chi connectivity index (χ0n) is 16.0. The second-order valence-corrected chi connectivity index (χ2v) is 6.87. The monoisotopic (exact) mass is 390 g/mol. The number of hydrogen-bond donors (Lipinski definition) is 2. The molecule has 0 spiro atoms. The number of carbonyl (C=O) groups is 3. The molecule has 28 heavy (non-hydrogen) atoms. The van der Waals surface area contributed by atoms with Gasteiger partial charge in [-0.25, -0.2) is 4.79 Å². The Bertz CT molecular complexity index is 877. The van der Waals surface area contributed by atoms with Crippen molar-refractivity contribution in [3.63, 3.8) is 0 Å². The van der Waals surface area contributed by atoms with Crippen LogP contribution in [0.3, 0.4) is 0 Å². The number of methoxy groups -OCH3 is 1. The number of benzene rings is 1. The van der Waals surface area contributed by atoms with E-state index in [9.17, 15) is 29.6 Å². The van der Waals surface area contributed by atoms with Gasteiger partial charge in [0, 0.05) is 35.7 Å². The number of nitrogens with one attached hydrogen (secondary N) is 1. The van der Waals surface area contributed by atoms with Gasteiger partial charge < -0.3 is 15.2 Å². The molecule has 0 saturated heterocycles. The maximum absolute atomic E-state index is 12.6. The molecule has 1 aromatic carbocycles. The molecule has 0 aromatic heterocycles. The van der Waals surface area contributed by atoms with Crippen LogP contribution in [0.4, 0.5) is 5.69 Å². The molecule has 1 aliphatic heterocycles. The summed E-state index contributed by atoms with van der Waals surface area (Å²) < 4.78 is 4.84. The predicted octanol–water partition coefficient (Wildman–Crippen LogP) is 2.17. The van der Waals surface area contributed by atoms with Crippen molar-refractivity contribution in [3.05, 3.63) is 51.2 Å². The Hall–Kier alpha value is -3.23. The molecule has 9 heteroatoms. The lowest BCUT2D eigenvalue weighted by atomic mass is 9.60. The van der Waals surface area contributed by atoms with Gasteiger partial charge in [0.1, 0.15) is 11.2 Å². The fourth-order valence-electron chi connectivity index (χ4n) is 4.02. The van der Waals surface area contributed by atoms with Crippen LogP contribution in [0.2, 0.25) is 0 Å². The number of allylic oxidation sites excluding steroid dienone is 1. The van der Waals surface area contributed by atoms with Crippen molar-refractivity contribution in [2.75, 3.05) is 7.11 Å². The molecule has 0 aliphatic carbocycles. The van der Waals surface area contributed by atoms with E-state index in [0.717, 1.165) is 7.11 Å². The van der Waals surface area contributed by atoms with Crippen molar-refractivity contribution in [3.8, 4) is 0 Å². The number of aliphatic carboxylic acids is 1. The summed E-state index contributed by atoms with van der Waals surface area (Å²) in [6.07, 6.45) is -0.416. The van der Waals surface area contributed by atoms with Crippen LogP contribution < -0.4 is 5.32 Å². The van der Waals surface area contributed by atoms with Gasteiger partial charge in [0.2, 0.25) is 0 Å². The molecular formula is C19H22N2O7. The fraction of sp³-hybridized carbons (Fsp3) is 0.421. The molecule has 0 radical (unpaired) electrons. The Labute approximate surface area is 161 Å². The molecule has 1 heterocycles. The molecule has 2 N–H and O–H groups in total. The minimum absolute atomic E-state index is 0.0430. The van der Waals surface area contributed by atoms with Gasteiger partial charge in [-0.1, -0.05) is 18.2 Å². The van der Waals surface area contributed by atoms with Gasteiger partial charge in [0.15, 0.2) is 0 Å². The number of esters is 1. The topological polar surface area (TPSA) is 136 Å². The highest BCUT2D eigenvalue weighted by molar-refractivity contribution is 5.96. The van der Waals surface area contributed by atoms with E-state index >= 15 is 0 Å². The van der Waals surface area contributed by atoms with E-state index in [2.05, 4.69) is 5.32 Å². The maximum atomic E-state index is 12.6. The zero-order chi connectivity index (χ0) is 21.2. The lowest BCUT2D eigenvalue weighted by Crippen LogP contribution is -2.57. The summed E-state index contributed by atoms with van der Waals surface area (Å²) in [4.78, 5) is 48.1. The fourth-order valence-corrected chi connectivity index (χ4v) is 4.02. The highest BCUT2D eigenvalue weighted by Gasteiger charge is 2.58. The first-order valence-corrected chi connectivity index (χ1v) is 8.59. The number of Topliss-reactive ketones (excluding diaryl/α,β-unsaturated/α-hetero) is 1. The van der Waals surface area contributed by atoms with Gasteiger partial charge in [-0.15, -0.1) is 0 Å². The van der Waals surface area contributed by atoms with Gasteiger partial charge in [0.25, 0.3) is 5.69 Å². The molecule has 3 atom stereocenters. The number of ether oxygens (including phenoxy) is 1. The van der Waals surface area contributed by atoms with Crippen LogP contribution in [0.5, 0.6) is 0 Å². The Morgan fingerprint density at radius 2 is 1.93 bits per heavy atom. The van der Waals surface area contributed by atoms with E-state index in [1.807, 2.05) is 0 Å². The minimum atomic E-state index is -1.82. The molecule has 1 aliphatic rings. The van der Waals surface area contributed by atoms with Crippen molar-refractivity contribution in [1.82, 2.24) is 5.32 Å². The van der Waals surface area contributed by atoms with Crippen molar-refractivity contribution in [2.45, 2.75) is 39.2 Å². The third-order valence-electron chi connectivity index (χ3n) is 5.20. The number of nitro groups is 1. The van der Waals surface area contributed by atoms with Crippen LogP contribution in [0, 0.1) is 15.5 Å². The highest BCUT2D eigenvalue weighted by atomic mass is 16.6. The Morgan fingerprint density at radius 3 is 2.43 bits per heavy atom. The van der Waals surface area contributed by atoms with Crippen LogP contribution >= 0.6 is 0 Å². The molecule has 0 bridgehead atoms. The second kappa shape index (κ2) is 7.79. The third kappa shape index (κ3) is 3.35. The largest absolute Gasteiger partial charge is 0.481 e. The highest BCUT2D eigenvalue weighted by Crippen LogP contribution is 2.52. The van der Waals surface area contributed by atoms with E-state index in [0.29, 0.717) is 5.70 Å². The zero-order valence-corrected chi connectivity index (χ0v) is 16.0. The summed E-state index contributed by atoms with van der Waals surface area (Å²) in [5, 5.41) is 24.8. The molecule has 0 amide bonds. The van der Waals surface area contributed by atoms with Crippen LogP contribution in [-0.2, 0) is 19.1 Å². The molecule has 2 rings (SSSR count). The van der Waals surface area contributed by atoms with E-state index in [1.165, 1.54) is 31.2 Å². The first kappa shape index (κ1) is 21.1. The maximum Gasteiger partial charge on any atom is 0.336 e. The van der Waals surface area contributed by atoms with Gasteiger partial charge in [-0.2, -0.15) is 0 Å². The normalized spacial score (nSPS) is 24.3. The summed E-state index contributed by atoms with van der Waals surface area (Å²) >= 11 is 0. The Morgan fingerprint density at radius 1 is 1.32 bits per heavy atom. The summed E-state index contributed by atoms with van der Waals surface area (Å²) in [5.41, 5.74) is -1.79. The third-order valence-corrected chi connectivity index (χ3v) is 5.20. The van der Waals surface area contributed by atoms with Gasteiger partial charge in [0.05, 0.1) is 17.6 Å². The number of hydrogen-bond acceptors (Lipinski definition) is 7.